The monoisotopic (exact) mass is 188 g/mol. The summed E-state index contributed by atoms with van der Waals surface area (Å²) < 4.78 is 1.94. The Morgan fingerprint density at radius 1 is 1.07 bits per heavy atom. The van der Waals surface area contributed by atoms with Gasteiger partial charge in [-0.05, 0) is 26.0 Å². The van der Waals surface area contributed by atoms with Crippen LogP contribution in [0.4, 0.5) is 5.69 Å². The lowest BCUT2D eigenvalue weighted by molar-refractivity contribution is 0.940. The third-order valence-electron chi connectivity index (χ3n) is 2.16. The highest BCUT2D eigenvalue weighted by Gasteiger charge is 2.08. The van der Waals surface area contributed by atoms with Crippen LogP contribution in [0.5, 0.6) is 0 Å². The van der Waals surface area contributed by atoms with Gasteiger partial charge in [0, 0.05) is 0 Å². The molecule has 0 fully saturated rings. The average Bonchev–Trinajstić information content (AvgIpc) is 2.48. The maximum atomic E-state index is 5.87. The topological polar surface area (TPSA) is 56.7 Å². The Morgan fingerprint density at radius 3 is 2.21 bits per heavy atom. The number of benzene rings is 1. The van der Waals surface area contributed by atoms with E-state index in [2.05, 4.69) is 10.2 Å². The number of hydrogen-bond donors (Lipinski definition) is 1. The van der Waals surface area contributed by atoms with Crippen LogP contribution in [-0.2, 0) is 0 Å². The molecule has 0 aliphatic rings. The Bertz CT molecular complexity index is 439. The molecule has 0 radical (unpaired) electrons. The molecule has 2 aromatic rings. The maximum absolute atomic E-state index is 5.87. The summed E-state index contributed by atoms with van der Waals surface area (Å²) >= 11 is 0. The first kappa shape index (κ1) is 8.74. The summed E-state index contributed by atoms with van der Waals surface area (Å²) in [6, 6.07) is 7.69. The molecule has 1 heterocycles. The summed E-state index contributed by atoms with van der Waals surface area (Å²) in [6.45, 7) is 3.82. The van der Waals surface area contributed by atoms with Gasteiger partial charge in [0.2, 0.25) is 0 Å². The summed E-state index contributed by atoms with van der Waals surface area (Å²) in [6.07, 6.45) is 0. The van der Waals surface area contributed by atoms with Gasteiger partial charge in [0.1, 0.15) is 11.6 Å². The summed E-state index contributed by atoms with van der Waals surface area (Å²) in [5.41, 5.74) is 7.55. The van der Waals surface area contributed by atoms with Crippen molar-refractivity contribution in [1.29, 1.82) is 0 Å². The molecule has 0 aliphatic heterocycles. The minimum atomic E-state index is 0.735. The van der Waals surface area contributed by atoms with Crippen LogP contribution in [-0.4, -0.2) is 14.8 Å². The van der Waals surface area contributed by atoms with E-state index in [-0.39, 0.29) is 0 Å². The van der Waals surface area contributed by atoms with Crippen molar-refractivity contribution in [2.75, 3.05) is 5.73 Å². The molecule has 0 saturated carbocycles. The van der Waals surface area contributed by atoms with E-state index in [0.717, 1.165) is 23.0 Å². The van der Waals surface area contributed by atoms with E-state index in [1.54, 1.807) is 0 Å². The van der Waals surface area contributed by atoms with Crippen molar-refractivity contribution in [3.63, 3.8) is 0 Å². The van der Waals surface area contributed by atoms with Crippen molar-refractivity contribution in [2.45, 2.75) is 13.8 Å². The zero-order valence-electron chi connectivity index (χ0n) is 8.23. The SMILES string of the molecule is Cc1nnc(C)n1-c1ccccc1N. The molecule has 72 valence electrons. The van der Waals surface area contributed by atoms with E-state index in [0.29, 0.717) is 0 Å². The van der Waals surface area contributed by atoms with E-state index < -0.39 is 0 Å². The minimum Gasteiger partial charge on any atom is -0.397 e. The third kappa shape index (κ3) is 1.25. The molecule has 14 heavy (non-hydrogen) atoms. The van der Waals surface area contributed by atoms with Crippen LogP contribution in [0.1, 0.15) is 11.6 Å². The largest absolute Gasteiger partial charge is 0.397 e. The molecule has 0 spiro atoms. The molecule has 0 saturated heterocycles. The number of nitrogen functional groups attached to an aromatic ring is 1. The smallest absolute Gasteiger partial charge is 0.134 e. The Morgan fingerprint density at radius 2 is 1.64 bits per heavy atom. The van der Waals surface area contributed by atoms with Crippen molar-refractivity contribution in [2.24, 2.45) is 0 Å². The lowest BCUT2D eigenvalue weighted by Gasteiger charge is -2.08. The molecule has 0 bridgehead atoms. The van der Waals surface area contributed by atoms with Crippen LogP contribution < -0.4 is 5.73 Å². The highest BCUT2D eigenvalue weighted by molar-refractivity contribution is 5.58. The molecule has 0 aliphatic carbocycles. The molecule has 0 amide bonds. The second-order valence-corrected chi connectivity index (χ2v) is 3.19. The van der Waals surface area contributed by atoms with Gasteiger partial charge in [-0.3, -0.25) is 4.57 Å². The van der Waals surface area contributed by atoms with Crippen LogP contribution in [0.2, 0.25) is 0 Å². The standard InChI is InChI=1S/C10H12N4/c1-7-12-13-8(2)14(7)10-6-4-3-5-9(10)11/h3-6H,11H2,1-2H3. The van der Waals surface area contributed by atoms with E-state index in [1.807, 2.05) is 42.7 Å². The summed E-state index contributed by atoms with van der Waals surface area (Å²) in [4.78, 5) is 0. The second kappa shape index (κ2) is 3.14. The predicted molar refractivity (Wildman–Crippen MR) is 55.2 cm³/mol. The number of hydrogen-bond acceptors (Lipinski definition) is 3. The summed E-state index contributed by atoms with van der Waals surface area (Å²) in [7, 11) is 0. The molecule has 2 rings (SSSR count). The average molecular weight is 188 g/mol. The van der Waals surface area contributed by atoms with Gasteiger partial charge < -0.3 is 5.73 Å². The maximum Gasteiger partial charge on any atom is 0.134 e. The number of nitrogens with zero attached hydrogens (tertiary/aromatic N) is 3. The minimum absolute atomic E-state index is 0.735. The first-order valence-electron chi connectivity index (χ1n) is 4.43. The fraction of sp³-hybridized carbons (Fsp3) is 0.200. The number of anilines is 1. The van der Waals surface area contributed by atoms with Gasteiger partial charge in [-0.25, -0.2) is 0 Å². The first-order chi connectivity index (χ1) is 6.70. The zero-order chi connectivity index (χ0) is 10.1. The molecule has 4 nitrogen and oxygen atoms in total. The van der Waals surface area contributed by atoms with Crippen molar-refractivity contribution in [3.8, 4) is 5.69 Å². The molecule has 1 aromatic carbocycles. The second-order valence-electron chi connectivity index (χ2n) is 3.19. The third-order valence-corrected chi connectivity index (χ3v) is 2.16. The van der Waals surface area contributed by atoms with Crippen molar-refractivity contribution < 1.29 is 0 Å². The van der Waals surface area contributed by atoms with E-state index in [1.165, 1.54) is 0 Å². The van der Waals surface area contributed by atoms with Crippen LogP contribution in [0.15, 0.2) is 24.3 Å². The Kier molecular flexibility index (Phi) is 1.96. The van der Waals surface area contributed by atoms with Gasteiger partial charge in [0.25, 0.3) is 0 Å². The van der Waals surface area contributed by atoms with Crippen molar-refractivity contribution >= 4 is 5.69 Å². The van der Waals surface area contributed by atoms with Crippen LogP contribution in [0, 0.1) is 13.8 Å². The summed E-state index contributed by atoms with van der Waals surface area (Å²) in [5.74, 6) is 1.70. The number of aromatic nitrogens is 3. The molecule has 0 unspecified atom stereocenters. The van der Waals surface area contributed by atoms with Crippen LogP contribution in [0.3, 0.4) is 0 Å². The molecule has 1 aromatic heterocycles. The Balaban J connectivity index is 2.66. The normalized spacial score (nSPS) is 10.4. The molecular weight excluding hydrogens is 176 g/mol. The highest BCUT2D eigenvalue weighted by Crippen LogP contribution is 2.18. The number of nitrogens with two attached hydrogens (primary N) is 1. The molecule has 2 N–H and O–H groups in total. The van der Waals surface area contributed by atoms with Crippen LogP contribution >= 0.6 is 0 Å². The van der Waals surface area contributed by atoms with E-state index in [4.69, 9.17) is 5.73 Å². The lowest BCUT2D eigenvalue weighted by atomic mass is 10.2. The fourth-order valence-electron chi connectivity index (χ4n) is 1.51. The highest BCUT2D eigenvalue weighted by atomic mass is 15.3. The number of aryl methyl sites for hydroxylation is 2. The molecular formula is C10H12N4. The van der Waals surface area contributed by atoms with Gasteiger partial charge in [0.05, 0.1) is 11.4 Å². The fourth-order valence-corrected chi connectivity index (χ4v) is 1.51. The van der Waals surface area contributed by atoms with Crippen molar-refractivity contribution in [3.05, 3.63) is 35.9 Å². The van der Waals surface area contributed by atoms with Crippen LogP contribution in [0.25, 0.3) is 5.69 Å². The van der Waals surface area contributed by atoms with E-state index >= 15 is 0 Å². The Hall–Kier alpha value is -1.84. The van der Waals surface area contributed by atoms with Crippen molar-refractivity contribution in [1.82, 2.24) is 14.8 Å². The van der Waals surface area contributed by atoms with Gasteiger partial charge >= 0.3 is 0 Å². The van der Waals surface area contributed by atoms with E-state index in [9.17, 15) is 0 Å². The molecule has 4 heteroatoms. The van der Waals surface area contributed by atoms with Gasteiger partial charge in [-0.1, -0.05) is 12.1 Å². The number of rotatable bonds is 1. The number of para-hydroxylation sites is 2. The quantitative estimate of drug-likeness (QED) is 0.689. The Labute approximate surface area is 82.4 Å². The van der Waals surface area contributed by atoms with Gasteiger partial charge in [0.15, 0.2) is 0 Å². The van der Waals surface area contributed by atoms with Gasteiger partial charge in [-0.2, -0.15) is 0 Å². The zero-order valence-corrected chi connectivity index (χ0v) is 8.23. The predicted octanol–water partition coefficient (Wildman–Crippen LogP) is 1.47. The first-order valence-corrected chi connectivity index (χ1v) is 4.43. The molecule has 0 atom stereocenters. The summed E-state index contributed by atoms with van der Waals surface area (Å²) in [5, 5.41) is 7.98. The van der Waals surface area contributed by atoms with Gasteiger partial charge in [-0.15, -0.1) is 10.2 Å². The lowest BCUT2D eigenvalue weighted by Crippen LogP contribution is -2.03.